The maximum atomic E-state index is 12.3. The lowest BCUT2D eigenvalue weighted by Crippen LogP contribution is -2.50. The Morgan fingerprint density at radius 3 is 1.82 bits per heavy atom. The van der Waals surface area contributed by atoms with Crippen molar-refractivity contribution in [3.05, 3.63) is 83.7 Å². The predicted octanol–water partition coefficient (Wildman–Crippen LogP) is 3.23. The van der Waals surface area contributed by atoms with E-state index in [4.69, 9.17) is 9.47 Å². The zero-order valence-electron chi connectivity index (χ0n) is 19.0. The predicted molar refractivity (Wildman–Crippen MR) is 122 cm³/mol. The number of amides is 2. The molecule has 2 rings (SSSR count). The second-order valence-electron chi connectivity index (χ2n) is 8.24. The van der Waals surface area contributed by atoms with Gasteiger partial charge in [-0.3, -0.25) is 10.6 Å². The van der Waals surface area contributed by atoms with Gasteiger partial charge in [0.15, 0.2) is 6.04 Å². The van der Waals surface area contributed by atoms with Gasteiger partial charge in [-0.25, -0.2) is 14.4 Å². The van der Waals surface area contributed by atoms with Crippen molar-refractivity contribution in [2.45, 2.75) is 25.7 Å². The van der Waals surface area contributed by atoms with E-state index in [-0.39, 0.29) is 29.8 Å². The zero-order chi connectivity index (χ0) is 24.3. The minimum absolute atomic E-state index is 0.0458. The number of carboxylic acid groups (broad SMARTS) is 1. The molecule has 2 amide bonds. The van der Waals surface area contributed by atoms with Crippen LogP contribution in [-0.4, -0.2) is 54.9 Å². The first-order valence-corrected chi connectivity index (χ1v) is 10.3. The number of benzene rings is 2. The fourth-order valence-corrected chi connectivity index (χ4v) is 2.85. The number of carbonyl (C=O) groups excluding carboxylic acids is 2. The van der Waals surface area contributed by atoms with Crippen LogP contribution < -0.4 is 10.6 Å². The molecule has 0 radical (unpaired) electrons. The average Bonchev–Trinajstić information content (AvgIpc) is 2.78. The molecule has 3 N–H and O–H groups in total. The molecule has 33 heavy (non-hydrogen) atoms. The number of hydrogen-bond donors (Lipinski definition) is 3. The Hall–Kier alpha value is -3.85. The summed E-state index contributed by atoms with van der Waals surface area (Å²) in [5, 5.41) is 14.6. The molecule has 2 aromatic rings. The van der Waals surface area contributed by atoms with Gasteiger partial charge in [-0.1, -0.05) is 60.7 Å². The van der Waals surface area contributed by atoms with Gasteiger partial charge in [-0.05, 0) is 11.1 Å². The molecule has 9 heteroatoms. The summed E-state index contributed by atoms with van der Waals surface area (Å²) in [5.74, 6) is -1.04. The molecular formula is C24H30N3O6+. The van der Waals surface area contributed by atoms with Crippen LogP contribution in [0.5, 0.6) is 0 Å². The number of hydrogen-bond acceptors (Lipinski definition) is 5. The topological polar surface area (TPSA) is 114 Å². The number of alkyl carbamates (subject to hydrolysis) is 2. The van der Waals surface area contributed by atoms with E-state index in [0.717, 1.165) is 11.1 Å². The third-order valence-electron chi connectivity index (χ3n) is 4.69. The van der Waals surface area contributed by atoms with Crippen LogP contribution in [0, 0.1) is 0 Å². The fraction of sp³-hybridized carbons (Fsp3) is 0.292. The molecule has 0 saturated carbocycles. The van der Waals surface area contributed by atoms with Crippen LogP contribution in [0.2, 0.25) is 0 Å². The van der Waals surface area contributed by atoms with Crippen molar-refractivity contribution >= 4 is 18.2 Å². The van der Waals surface area contributed by atoms with E-state index in [9.17, 15) is 19.5 Å². The molecule has 2 aromatic carbocycles. The molecule has 0 bridgehead atoms. The number of carboxylic acids is 1. The molecule has 0 aliphatic rings. The van der Waals surface area contributed by atoms with Crippen LogP contribution >= 0.6 is 0 Å². The van der Waals surface area contributed by atoms with Gasteiger partial charge >= 0.3 is 18.2 Å². The minimum Gasteiger partial charge on any atom is -0.477 e. The average molecular weight is 457 g/mol. The second-order valence-corrected chi connectivity index (χ2v) is 8.24. The van der Waals surface area contributed by atoms with Gasteiger partial charge in [0.1, 0.15) is 13.2 Å². The molecule has 0 aliphatic carbocycles. The molecule has 0 spiro atoms. The lowest BCUT2D eigenvalue weighted by Gasteiger charge is -2.31. The lowest BCUT2D eigenvalue weighted by atomic mass is 10.1. The highest BCUT2D eigenvalue weighted by atomic mass is 16.6. The normalized spacial score (nSPS) is 12.4. The van der Waals surface area contributed by atoms with Crippen LogP contribution in [0.4, 0.5) is 9.59 Å². The zero-order valence-corrected chi connectivity index (χ0v) is 19.0. The molecule has 0 saturated heterocycles. The van der Waals surface area contributed by atoms with Crippen LogP contribution in [0.25, 0.3) is 0 Å². The van der Waals surface area contributed by atoms with Gasteiger partial charge in [0.25, 0.3) is 0 Å². The van der Waals surface area contributed by atoms with Gasteiger partial charge in [0, 0.05) is 11.9 Å². The summed E-state index contributed by atoms with van der Waals surface area (Å²) < 4.78 is 10.5. The SMILES string of the molecule is C[N+](C)(C)C(C/C(=C/NC(=O)OCc1ccccc1)NC(=O)OCc1ccccc1)C(=O)O. The Balaban J connectivity index is 2.03. The largest absolute Gasteiger partial charge is 0.477 e. The first-order valence-electron chi connectivity index (χ1n) is 10.3. The number of quaternary nitrogens is 1. The van der Waals surface area contributed by atoms with Gasteiger partial charge in [-0.15, -0.1) is 0 Å². The highest BCUT2D eigenvalue weighted by Gasteiger charge is 2.32. The molecule has 1 unspecified atom stereocenters. The first kappa shape index (κ1) is 25.4. The lowest BCUT2D eigenvalue weighted by molar-refractivity contribution is -0.887. The number of ether oxygens (including phenoxy) is 2. The standard InChI is InChI=1S/C24H29N3O6/c1-27(2,3)21(22(28)29)14-20(26-24(31)33-17-19-12-8-5-9-13-19)15-25-23(30)32-16-18-10-6-4-7-11-18/h4-13,15,21H,14,16-17H2,1-3H3,(H2-,25,26,28,29,30,31)/p+1/b20-15-. The third kappa shape index (κ3) is 9.44. The number of aliphatic carboxylic acids is 1. The summed E-state index contributed by atoms with van der Waals surface area (Å²) in [4.78, 5) is 36.2. The molecule has 0 aliphatic heterocycles. The van der Waals surface area contributed by atoms with Crippen LogP contribution in [0.3, 0.4) is 0 Å². The maximum absolute atomic E-state index is 12.3. The summed E-state index contributed by atoms with van der Waals surface area (Å²) in [7, 11) is 5.18. The summed E-state index contributed by atoms with van der Waals surface area (Å²) in [6.45, 7) is 0.114. The van der Waals surface area contributed by atoms with E-state index in [2.05, 4.69) is 10.6 Å². The van der Waals surface area contributed by atoms with Crippen molar-refractivity contribution in [3.63, 3.8) is 0 Å². The van der Waals surface area contributed by atoms with E-state index < -0.39 is 24.2 Å². The molecule has 176 valence electrons. The van der Waals surface area contributed by atoms with Crippen molar-refractivity contribution in [2.75, 3.05) is 21.1 Å². The van der Waals surface area contributed by atoms with Crippen LogP contribution in [0.1, 0.15) is 17.5 Å². The third-order valence-corrected chi connectivity index (χ3v) is 4.69. The van der Waals surface area contributed by atoms with Crippen LogP contribution in [-0.2, 0) is 27.5 Å². The van der Waals surface area contributed by atoms with E-state index in [1.165, 1.54) is 6.20 Å². The number of nitrogens with zero attached hydrogens (tertiary/aromatic N) is 1. The van der Waals surface area contributed by atoms with Gasteiger partial charge in [0.2, 0.25) is 0 Å². The van der Waals surface area contributed by atoms with E-state index in [1.54, 1.807) is 21.1 Å². The second kappa shape index (κ2) is 12.3. The fourth-order valence-electron chi connectivity index (χ4n) is 2.85. The Labute approximate surface area is 193 Å². The Bertz CT molecular complexity index is 955. The van der Waals surface area contributed by atoms with Crippen LogP contribution in [0.15, 0.2) is 72.6 Å². The summed E-state index contributed by atoms with van der Waals surface area (Å²) in [5.41, 5.74) is 1.79. The first-order chi connectivity index (χ1) is 15.6. The quantitative estimate of drug-likeness (QED) is 0.473. The molecule has 0 fully saturated rings. The summed E-state index contributed by atoms with van der Waals surface area (Å²) in [6, 6.07) is 17.4. The molecule has 9 nitrogen and oxygen atoms in total. The number of rotatable bonds is 10. The molecule has 0 heterocycles. The van der Waals surface area contributed by atoms with Crippen molar-refractivity contribution in [3.8, 4) is 0 Å². The summed E-state index contributed by atoms with van der Waals surface area (Å²) >= 11 is 0. The number of carbonyl (C=O) groups is 3. The molecular weight excluding hydrogens is 426 g/mol. The van der Waals surface area contributed by atoms with E-state index in [0.29, 0.717) is 0 Å². The van der Waals surface area contributed by atoms with Crippen molar-refractivity contribution in [2.24, 2.45) is 0 Å². The monoisotopic (exact) mass is 456 g/mol. The number of nitrogens with one attached hydrogen (secondary N) is 2. The van der Waals surface area contributed by atoms with Gasteiger partial charge < -0.3 is 19.1 Å². The smallest absolute Gasteiger partial charge is 0.411 e. The van der Waals surface area contributed by atoms with E-state index in [1.807, 2.05) is 60.7 Å². The highest BCUT2D eigenvalue weighted by molar-refractivity contribution is 5.74. The Morgan fingerprint density at radius 2 is 1.36 bits per heavy atom. The minimum atomic E-state index is -1.04. The Kier molecular flexibility index (Phi) is 9.44. The molecule has 0 aromatic heterocycles. The Morgan fingerprint density at radius 1 is 0.879 bits per heavy atom. The van der Waals surface area contributed by atoms with Gasteiger partial charge in [-0.2, -0.15) is 0 Å². The molecule has 1 atom stereocenters. The van der Waals surface area contributed by atoms with Crippen molar-refractivity contribution in [1.82, 2.24) is 10.6 Å². The number of likely N-dealkylation sites (N-methyl/N-ethyl adjacent to an activating group) is 1. The maximum Gasteiger partial charge on any atom is 0.411 e. The van der Waals surface area contributed by atoms with Crippen molar-refractivity contribution in [1.29, 1.82) is 0 Å². The van der Waals surface area contributed by atoms with Gasteiger partial charge in [0.05, 0.1) is 27.6 Å². The highest BCUT2D eigenvalue weighted by Crippen LogP contribution is 2.13. The van der Waals surface area contributed by atoms with E-state index >= 15 is 0 Å². The van der Waals surface area contributed by atoms with Crippen molar-refractivity contribution < 1.29 is 33.4 Å². The summed E-state index contributed by atoms with van der Waals surface area (Å²) in [6.07, 6.45) is -0.343.